The lowest BCUT2D eigenvalue weighted by Crippen LogP contribution is -2.31. The first-order valence-corrected chi connectivity index (χ1v) is 8.51. The zero-order chi connectivity index (χ0) is 15.7. The Balaban J connectivity index is 1.60. The van der Waals surface area contributed by atoms with Crippen LogP contribution in [0.1, 0.15) is 51.4 Å². The van der Waals surface area contributed by atoms with Gasteiger partial charge in [0.15, 0.2) is 0 Å². The number of hydrogen-bond donors (Lipinski definition) is 1. The average Bonchev–Trinajstić information content (AvgIpc) is 3.01. The summed E-state index contributed by atoms with van der Waals surface area (Å²) >= 11 is 1.79. The van der Waals surface area contributed by atoms with Gasteiger partial charge in [0.05, 0.1) is 22.8 Å². The Bertz CT molecular complexity index is 670. The van der Waals surface area contributed by atoms with Gasteiger partial charge in [0.25, 0.3) is 0 Å². The molecule has 3 rings (SSSR count). The van der Waals surface area contributed by atoms with Crippen LogP contribution in [0.25, 0.3) is 0 Å². The molecule has 2 aromatic rings. The predicted octanol–water partition coefficient (Wildman–Crippen LogP) is 2.84. The topological polar surface area (TPSA) is 68.0 Å². The number of aromatic nitrogens is 2. The molecule has 0 spiro atoms. The summed E-state index contributed by atoms with van der Waals surface area (Å²) in [6, 6.07) is 0. The summed E-state index contributed by atoms with van der Waals surface area (Å²) < 4.78 is 5.10. The number of rotatable bonds is 4. The second-order valence-electron chi connectivity index (χ2n) is 5.91. The zero-order valence-corrected chi connectivity index (χ0v) is 14.0. The van der Waals surface area contributed by atoms with Crippen molar-refractivity contribution in [3.63, 3.8) is 0 Å². The lowest BCUT2D eigenvalue weighted by Gasteiger charge is -2.21. The summed E-state index contributed by atoms with van der Waals surface area (Å²) in [7, 11) is 0. The van der Waals surface area contributed by atoms with Crippen LogP contribution < -0.4 is 5.32 Å². The van der Waals surface area contributed by atoms with E-state index in [0.29, 0.717) is 18.9 Å². The summed E-state index contributed by atoms with van der Waals surface area (Å²) in [6.07, 6.45) is 3.74. The molecule has 1 aliphatic rings. The number of amides is 1. The summed E-state index contributed by atoms with van der Waals surface area (Å²) in [4.78, 5) is 18.2. The van der Waals surface area contributed by atoms with E-state index in [9.17, 15) is 4.79 Å². The van der Waals surface area contributed by atoms with Crippen molar-refractivity contribution in [3.8, 4) is 0 Å². The molecule has 5 nitrogen and oxygen atoms in total. The van der Waals surface area contributed by atoms with Crippen LogP contribution in [-0.4, -0.2) is 22.6 Å². The minimum absolute atomic E-state index is 0.0217. The minimum Gasteiger partial charge on any atom is -0.361 e. The van der Waals surface area contributed by atoms with Crippen molar-refractivity contribution in [1.29, 1.82) is 0 Å². The maximum absolute atomic E-state index is 12.2. The van der Waals surface area contributed by atoms with Gasteiger partial charge in [-0.3, -0.25) is 4.79 Å². The quantitative estimate of drug-likeness (QED) is 0.941. The third-order valence-corrected chi connectivity index (χ3v) is 5.29. The van der Waals surface area contributed by atoms with Gasteiger partial charge in [0, 0.05) is 22.9 Å². The van der Waals surface area contributed by atoms with Crippen LogP contribution in [0, 0.1) is 20.8 Å². The van der Waals surface area contributed by atoms with E-state index in [0.717, 1.165) is 34.9 Å². The van der Waals surface area contributed by atoms with E-state index in [4.69, 9.17) is 4.52 Å². The molecule has 1 atom stereocenters. The number of nitrogens with zero attached hydrogens (tertiary/aromatic N) is 2. The van der Waals surface area contributed by atoms with Crippen LogP contribution in [0.15, 0.2) is 4.52 Å². The first-order chi connectivity index (χ1) is 10.5. The molecule has 0 aliphatic heterocycles. The molecule has 0 saturated carbocycles. The van der Waals surface area contributed by atoms with E-state index in [1.807, 2.05) is 13.8 Å². The van der Waals surface area contributed by atoms with Gasteiger partial charge in [0.2, 0.25) is 5.91 Å². The first-order valence-electron chi connectivity index (χ1n) is 7.69. The summed E-state index contributed by atoms with van der Waals surface area (Å²) in [5.41, 5.74) is 2.89. The molecule has 1 N–H and O–H groups in total. The Morgan fingerprint density at radius 1 is 1.41 bits per heavy atom. The number of carbonyl (C=O) groups excluding carboxylic acids is 1. The largest absolute Gasteiger partial charge is 0.361 e. The Hall–Kier alpha value is -1.69. The molecule has 118 valence electrons. The second-order valence-corrected chi connectivity index (χ2v) is 7.20. The molecule has 0 unspecified atom stereocenters. The van der Waals surface area contributed by atoms with E-state index in [-0.39, 0.29) is 5.91 Å². The zero-order valence-electron chi connectivity index (χ0n) is 13.2. The maximum atomic E-state index is 12.2. The highest BCUT2D eigenvalue weighted by molar-refractivity contribution is 7.11. The minimum atomic E-state index is 0.0217. The highest BCUT2D eigenvalue weighted by atomic mass is 32.1. The van der Waals surface area contributed by atoms with E-state index >= 15 is 0 Å². The Kier molecular flexibility index (Phi) is 4.29. The molecule has 2 heterocycles. The molecule has 2 aromatic heterocycles. The second kappa shape index (κ2) is 6.20. The fourth-order valence-electron chi connectivity index (χ4n) is 3.04. The first kappa shape index (κ1) is 15.2. The van der Waals surface area contributed by atoms with Crippen molar-refractivity contribution in [2.75, 3.05) is 6.54 Å². The van der Waals surface area contributed by atoms with Crippen molar-refractivity contribution in [1.82, 2.24) is 15.5 Å². The predicted molar refractivity (Wildman–Crippen MR) is 85.2 cm³/mol. The van der Waals surface area contributed by atoms with Gasteiger partial charge in [-0.15, -0.1) is 11.3 Å². The van der Waals surface area contributed by atoms with Crippen molar-refractivity contribution >= 4 is 17.2 Å². The highest BCUT2D eigenvalue weighted by Gasteiger charge is 2.24. The van der Waals surface area contributed by atoms with E-state index < -0.39 is 0 Å². The molecule has 22 heavy (non-hydrogen) atoms. The van der Waals surface area contributed by atoms with E-state index in [1.54, 1.807) is 11.3 Å². The SMILES string of the molecule is Cc1nc2c(s1)CCC[C@@H]2CNC(=O)Cc1c(C)noc1C. The fourth-order valence-corrected chi connectivity index (χ4v) is 4.11. The molecule has 0 bridgehead atoms. The third-order valence-electron chi connectivity index (χ3n) is 4.24. The molecule has 0 saturated heterocycles. The van der Waals surface area contributed by atoms with Gasteiger partial charge < -0.3 is 9.84 Å². The number of hydrogen-bond acceptors (Lipinski definition) is 5. The number of carbonyl (C=O) groups is 1. The molecule has 0 radical (unpaired) electrons. The number of thiazole rings is 1. The summed E-state index contributed by atoms with van der Waals surface area (Å²) in [5.74, 6) is 1.10. The molecular formula is C16H21N3O2S. The van der Waals surface area contributed by atoms with Gasteiger partial charge in [0.1, 0.15) is 5.76 Å². The summed E-state index contributed by atoms with van der Waals surface area (Å²) in [6.45, 7) is 6.42. The molecular weight excluding hydrogens is 298 g/mol. The van der Waals surface area contributed by atoms with Crippen molar-refractivity contribution in [2.45, 2.75) is 52.4 Å². The van der Waals surface area contributed by atoms with Gasteiger partial charge >= 0.3 is 0 Å². The fraction of sp³-hybridized carbons (Fsp3) is 0.562. The van der Waals surface area contributed by atoms with Crippen LogP contribution in [0.3, 0.4) is 0 Å². The molecule has 0 aromatic carbocycles. The van der Waals surface area contributed by atoms with Crippen LogP contribution in [0.5, 0.6) is 0 Å². The van der Waals surface area contributed by atoms with Gasteiger partial charge in [-0.25, -0.2) is 4.98 Å². The van der Waals surface area contributed by atoms with E-state index in [2.05, 4.69) is 22.4 Å². The van der Waals surface area contributed by atoms with Crippen molar-refractivity contribution in [3.05, 3.63) is 32.6 Å². The number of nitrogens with one attached hydrogen (secondary N) is 1. The van der Waals surface area contributed by atoms with Crippen molar-refractivity contribution in [2.24, 2.45) is 0 Å². The number of fused-ring (bicyclic) bond motifs is 1. The number of aryl methyl sites for hydroxylation is 4. The molecule has 0 fully saturated rings. The van der Waals surface area contributed by atoms with Gasteiger partial charge in [-0.05, 0) is 40.0 Å². The van der Waals surface area contributed by atoms with Crippen molar-refractivity contribution < 1.29 is 9.32 Å². The maximum Gasteiger partial charge on any atom is 0.224 e. The average molecular weight is 319 g/mol. The third kappa shape index (κ3) is 3.06. The van der Waals surface area contributed by atoms with Crippen LogP contribution >= 0.6 is 11.3 Å². The van der Waals surface area contributed by atoms with Crippen LogP contribution in [0.4, 0.5) is 0 Å². The standard InChI is InChI=1S/C16H21N3O2S/c1-9-13(10(2)21-19-9)7-15(20)17-8-12-5-4-6-14-16(12)18-11(3)22-14/h12H,4-8H2,1-3H3,(H,17,20)/t12-/m1/s1. The normalized spacial score (nSPS) is 17.3. The van der Waals surface area contributed by atoms with Gasteiger partial charge in [-0.2, -0.15) is 0 Å². The molecule has 1 amide bonds. The lowest BCUT2D eigenvalue weighted by atomic mass is 9.91. The Morgan fingerprint density at radius 3 is 2.95 bits per heavy atom. The smallest absolute Gasteiger partial charge is 0.224 e. The van der Waals surface area contributed by atoms with Gasteiger partial charge in [-0.1, -0.05) is 5.16 Å². The van der Waals surface area contributed by atoms with Crippen LogP contribution in [-0.2, 0) is 17.6 Å². The monoisotopic (exact) mass is 319 g/mol. The molecule has 6 heteroatoms. The summed E-state index contributed by atoms with van der Waals surface area (Å²) in [5, 5.41) is 8.06. The van der Waals surface area contributed by atoms with E-state index in [1.165, 1.54) is 17.0 Å². The Labute approximate surface area is 134 Å². The highest BCUT2D eigenvalue weighted by Crippen LogP contribution is 2.34. The lowest BCUT2D eigenvalue weighted by molar-refractivity contribution is -0.120. The molecule has 1 aliphatic carbocycles. The Morgan fingerprint density at radius 2 is 2.23 bits per heavy atom. The van der Waals surface area contributed by atoms with Crippen LogP contribution in [0.2, 0.25) is 0 Å².